The lowest BCUT2D eigenvalue weighted by molar-refractivity contribution is 0.669. The molecular formula is C61H39NO. The number of furan rings is 1. The number of hydrogen-bond acceptors (Lipinski definition) is 2. The molecule has 1 spiro atoms. The first-order valence-electron chi connectivity index (χ1n) is 21.8. The van der Waals surface area contributed by atoms with Gasteiger partial charge in [-0.05, 0) is 121 Å². The van der Waals surface area contributed by atoms with Crippen molar-refractivity contribution in [3.63, 3.8) is 0 Å². The van der Waals surface area contributed by atoms with E-state index in [1.165, 1.54) is 55.6 Å². The van der Waals surface area contributed by atoms with E-state index in [1.54, 1.807) is 0 Å². The Labute approximate surface area is 366 Å². The van der Waals surface area contributed by atoms with Crippen molar-refractivity contribution >= 4 is 39.0 Å². The average Bonchev–Trinajstić information content (AvgIpc) is 3.99. The summed E-state index contributed by atoms with van der Waals surface area (Å²) in [5, 5.41) is 2.18. The monoisotopic (exact) mass is 801 g/mol. The molecule has 2 heteroatoms. The van der Waals surface area contributed by atoms with Gasteiger partial charge < -0.3 is 9.32 Å². The van der Waals surface area contributed by atoms with Gasteiger partial charge in [-0.15, -0.1) is 0 Å². The number of benzene rings is 10. The van der Waals surface area contributed by atoms with Crippen LogP contribution < -0.4 is 4.90 Å². The van der Waals surface area contributed by atoms with Crippen LogP contribution in [0.3, 0.4) is 0 Å². The zero-order valence-electron chi connectivity index (χ0n) is 34.4. The first-order valence-corrected chi connectivity index (χ1v) is 21.8. The number of nitrogens with zero attached hydrogens (tertiary/aromatic N) is 1. The van der Waals surface area contributed by atoms with Crippen LogP contribution in [0.1, 0.15) is 22.3 Å². The normalized spacial score (nSPS) is 12.9. The highest BCUT2D eigenvalue weighted by molar-refractivity contribution is 6.18. The topological polar surface area (TPSA) is 16.4 Å². The lowest BCUT2D eigenvalue weighted by Gasteiger charge is -2.33. The maximum absolute atomic E-state index is 6.71. The third kappa shape index (κ3) is 5.19. The summed E-state index contributed by atoms with van der Waals surface area (Å²) in [5.41, 5.74) is 21.9. The van der Waals surface area contributed by atoms with Gasteiger partial charge in [0.15, 0.2) is 0 Å². The highest BCUT2D eigenvalue weighted by atomic mass is 16.3. The lowest BCUT2D eigenvalue weighted by atomic mass is 9.70. The Hall–Kier alpha value is -8.20. The summed E-state index contributed by atoms with van der Waals surface area (Å²) in [7, 11) is 0. The molecule has 10 aromatic carbocycles. The molecule has 0 radical (unpaired) electrons. The second-order valence-electron chi connectivity index (χ2n) is 16.7. The largest absolute Gasteiger partial charge is 0.456 e. The van der Waals surface area contributed by atoms with E-state index in [-0.39, 0.29) is 0 Å². The Morgan fingerprint density at radius 2 is 0.857 bits per heavy atom. The van der Waals surface area contributed by atoms with Crippen molar-refractivity contribution in [2.75, 3.05) is 4.90 Å². The Bertz CT molecular complexity index is 3500. The number of para-hydroxylation sites is 2. The van der Waals surface area contributed by atoms with E-state index in [0.717, 1.165) is 61.3 Å². The molecule has 2 aliphatic carbocycles. The minimum atomic E-state index is -0.473. The molecule has 0 N–H and O–H groups in total. The third-order valence-corrected chi connectivity index (χ3v) is 13.5. The minimum Gasteiger partial charge on any atom is -0.456 e. The molecule has 13 rings (SSSR count). The quantitative estimate of drug-likeness (QED) is 0.167. The molecule has 2 aliphatic rings. The summed E-state index contributed by atoms with van der Waals surface area (Å²) in [6.07, 6.45) is 0. The van der Waals surface area contributed by atoms with Crippen LogP contribution in [-0.2, 0) is 5.41 Å². The van der Waals surface area contributed by atoms with Crippen molar-refractivity contribution < 1.29 is 4.42 Å². The number of hydrogen-bond donors (Lipinski definition) is 0. The molecule has 1 aromatic heterocycles. The molecule has 0 unspecified atom stereocenters. The van der Waals surface area contributed by atoms with Gasteiger partial charge in [0, 0.05) is 27.7 Å². The van der Waals surface area contributed by atoms with Crippen LogP contribution in [0.15, 0.2) is 241 Å². The first kappa shape index (κ1) is 35.5. The van der Waals surface area contributed by atoms with E-state index in [9.17, 15) is 0 Å². The van der Waals surface area contributed by atoms with Crippen molar-refractivity contribution in [1.29, 1.82) is 0 Å². The van der Waals surface area contributed by atoms with Gasteiger partial charge in [-0.3, -0.25) is 0 Å². The zero-order valence-corrected chi connectivity index (χ0v) is 34.4. The van der Waals surface area contributed by atoms with Gasteiger partial charge in [0.2, 0.25) is 0 Å². The highest BCUT2D eigenvalue weighted by Crippen LogP contribution is 2.63. The van der Waals surface area contributed by atoms with Gasteiger partial charge in [-0.2, -0.15) is 0 Å². The van der Waals surface area contributed by atoms with E-state index in [2.05, 4.69) is 241 Å². The molecule has 11 aromatic rings. The molecule has 2 nitrogen and oxygen atoms in total. The van der Waals surface area contributed by atoms with Crippen LogP contribution in [0.5, 0.6) is 0 Å². The summed E-state index contributed by atoms with van der Waals surface area (Å²) >= 11 is 0. The van der Waals surface area contributed by atoms with E-state index < -0.39 is 5.41 Å². The van der Waals surface area contributed by atoms with Crippen molar-refractivity contribution in [2.24, 2.45) is 0 Å². The fraction of sp³-hybridized carbons (Fsp3) is 0.0164. The van der Waals surface area contributed by atoms with Crippen LogP contribution in [-0.4, -0.2) is 0 Å². The molecule has 0 saturated carbocycles. The molecule has 1 heterocycles. The molecule has 0 aliphatic heterocycles. The van der Waals surface area contributed by atoms with Gasteiger partial charge in [0.1, 0.15) is 11.2 Å². The van der Waals surface area contributed by atoms with Crippen molar-refractivity contribution in [3.05, 3.63) is 259 Å². The summed E-state index contributed by atoms with van der Waals surface area (Å²) in [4.78, 5) is 2.47. The van der Waals surface area contributed by atoms with Gasteiger partial charge in [0.05, 0.1) is 11.1 Å². The molecule has 294 valence electrons. The molecule has 0 amide bonds. The van der Waals surface area contributed by atoms with Crippen LogP contribution in [0, 0.1) is 0 Å². The average molecular weight is 802 g/mol. The molecule has 0 fully saturated rings. The van der Waals surface area contributed by atoms with Gasteiger partial charge in [0.25, 0.3) is 0 Å². The minimum absolute atomic E-state index is 0.473. The molecule has 0 saturated heterocycles. The molecule has 63 heavy (non-hydrogen) atoms. The third-order valence-electron chi connectivity index (χ3n) is 13.5. The Kier molecular flexibility index (Phi) is 7.85. The fourth-order valence-corrected chi connectivity index (χ4v) is 10.9. The van der Waals surface area contributed by atoms with Crippen LogP contribution in [0.25, 0.3) is 77.6 Å². The summed E-state index contributed by atoms with van der Waals surface area (Å²) in [5.74, 6) is 0. The zero-order chi connectivity index (χ0) is 41.5. The van der Waals surface area contributed by atoms with E-state index in [1.807, 2.05) is 0 Å². The lowest BCUT2D eigenvalue weighted by Crippen LogP contribution is -2.26. The van der Waals surface area contributed by atoms with Crippen molar-refractivity contribution in [1.82, 2.24) is 0 Å². The molecular weight excluding hydrogens is 763 g/mol. The number of fused-ring (bicyclic) bond motifs is 13. The van der Waals surface area contributed by atoms with Crippen LogP contribution in [0.2, 0.25) is 0 Å². The summed E-state index contributed by atoms with van der Waals surface area (Å²) in [6, 6.07) is 86.5. The SMILES string of the molecule is c1ccc(-c2ccc(-c3c(N(c4ccccc4)c4ccc5c(c4)C4(c6ccccc6-c6ccccc64)c4ccccc4-5)ccc4oc5ccccc5c34)c(-c3ccccc3)c2)cc1. The van der Waals surface area contributed by atoms with Gasteiger partial charge >= 0.3 is 0 Å². The molecule has 0 atom stereocenters. The fourth-order valence-electron chi connectivity index (χ4n) is 10.9. The van der Waals surface area contributed by atoms with E-state index in [0.29, 0.717) is 0 Å². The maximum Gasteiger partial charge on any atom is 0.136 e. The predicted octanol–water partition coefficient (Wildman–Crippen LogP) is 16.4. The van der Waals surface area contributed by atoms with Gasteiger partial charge in [-0.25, -0.2) is 0 Å². The smallest absolute Gasteiger partial charge is 0.136 e. The Morgan fingerprint density at radius 3 is 1.52 bits per heavy atom. The standard InChI is InChI=1S/C61H39NO/c1-4-18-40(19-5-1)42-32-34-49(51(38-42)41-20-6-2-7-21-41)59-56(36-37-58-60(59)50-27-13-17-31-57(50)63-58)62(43-22-8-3-9-23-43)44-33-35-48-47-26-12-16-30-54(47)61(55(48)39-44)52-28-14-10-24-45(52)46-25-11-15-29-53(46)61/h1-39H. The molecule has 0 bridgehead atoms. The highest BCUT2D eigenvalue weighted by Gasteiger charge is 2.51. The summed E-state index contributed by atoms with van der Waals surface area (Å²) in [6.45, 7) is 0. The summed E-state index contributed by atoms with van der Waals surface area (Å²) < 4.78 is 6.71. The van der Waals surface area contributed by atoms with E-state index >= 15 is 0 Å². The number of rotatable bonds is 6. The van der Waals surface area contributed by atoms with Crippen molar-refractivity contribution in [2.45, 2.75) is 5.41 Å². The Balaban J connectivity index is 1.13. The van der Waals surface area contributed by atoms with E-state index in [4.69, 9.17) is 4.42 Å². The second-order valence-corrected chi connectivity index (χ2v) is 16.7. The predicted molar refractivity (Wildman–Crippen MR) is 261 cm³/mol. The second kappa shape index (κ2) is 13.9. The first-order chi connectivity index (χ1) is 31.3. The van der Waals surface area contributed by atoms with Crippen molar-refractivity contribution in [3.8, 4) is 55.6 Å². The number of anilines is 3. The van der Waals surface area contributed by atoms with Gasteiger partial charge in [-0.1, -0.05) is 188 Å². The van der Waals surface area contributed by atoms with Crippen LogP contribution in [0.4, 0.5) is 17.1 Å². The maximum atomic E-state index is 6.71. The van der Waals surface area contributed by atoms with Crippen LogP contribution >= 0.6 is 0 Å². The Morgan fingerprint density at radius 1 is 0.317 bits per heavy atom.